The number of piperidine rings is 1. The second-order valence-corrected chi connectivity index (χ2v) is 3.69. The fraction of sp³-hybridized carbons (Fsp3) is 0.857. The number of hydrogen-bond acceptors (Lipinski definition) is 5. The van der Waals surface area contributed by atoms with Gasteiger partial charge >= 0.3 is 0 Å². The summed E-state index contributed by atoms with van der Waals surface area (Å²) in [6.45, 7) is 1.98. The van der Waals surface area contributed by atoms with Gasteiger partial charge in [-0.1, -0.05) is 5.21 Å². The van der Waals surface area contributed by atoms with Crippen molar-refractivity contribution in [2.24, 2.45) is 5.73 Å². The summed E-state index contributed by atoms with van der Waals surface area (Å²) in [7, 11) is 2.09. The van der Waals surface area contributed by atoms with Gasteiger partial charge < -0.3 is 10.6 Å². The Kier molecular flexibility index (Phi) is 2.01. The van der Waals surface area contributed by atoms with E-state index in [4.69, 9.17) is 5.73 Å². The van der Waals surface area contributed by atoms with E-state index in [1.807, 2.05) is 0 Å². The molecule has 0 unspecified atom stereocenters. The summed E-state index contributed by atoms with van der Waals surface area (Å²) in [6.07, 6.45) is 1.78. The van der Waals surface area contributed by atoms with Gasteiger partial charge in [0, 0.05) is 13.1 Å². The molecule has 1 aromatic rings. The van der Waals surface area contributed by atoms with Gasteiger partial charge in [-0.3, -0.25) is 0 Å². The molecule has 0 bridgehead atoms. The van der Waals surface area contributed by atoms with Crippen LogP contribution in [0.4, 0.5) is 0 Å². The van der Waals surface area contributed by atoms with Crippen LogP contribution in [0.3, 0.4) is 0 Å². The maximum atomic E-state index is 6.18. The molecule has 0 radical (unpaired) electrons. The first-order chi connectivity index (χ1) is 6.21. The molecular formula is C7H14N6. The van der Waals surface area contributed by atoms with Gasteiger partial charge in [0.25, 0.3) is 0 Å². The maximum absolute atomic E-state index is 6.18. The molecule has 72 valence electrons. The standard InChI is InChI=1S/C7H14N6/c1-13-4-2-7(8,3-5-13)6-9-11-12-10-6/h2-5,8H2,1H3,(H,9,10,11,12). The van der Waals surface area contributed by atoms with Crippen LogP contribution in [-0.4, -0.2) is 45.7 Å². The highest BCUT2D eigenvalue weighted by Crippen LogP contribution is 2.26. The van der Waals surface area contributed by atoms with Crippen molar-refractivity contribution in [3.8, 4) is 0 Å². The van der Waals surface area contributed by atoms with E-state index in [1.165, 1.54) is 0 Å². The molecule has 13 heavy (non-hydrogen) atoms. The molecule has 1 aliphatic rings. The Morgan fingerprint density at radius 2 is 2.15 bits per heavy atom. The maximum Gasteiger partial charge on any atom is 0.194 e. The molecule has 3 N–H and O–H groups in total. The first kappa shape index (κ1) is 8.58. The van der Waals surface area contributed by atoms with Crippen LogP contribution in [0.1, 0.15) is 18.7 Å². The molecule has 0 aromatic carbocycles. The summed E-state index contributed by atoms with van der Waals surface area (Å²) < 4.78 is 0. The first-order valence-corrected chi connectivity index (χ1v) is 4.42. The van der Waals surface area contributed by atoms with Gasteiger partial charge in [-0.25, -0.2) is 0 Å². The number of H-pyrrole nitrogens is 1. The lowest BCUT2D eigenvalue weighted by Crippen LogP contribution is -2.47. The second-order valence-electron chi connectivity index (χ2n) is 3.69. The monoisotopic (exact) mass is 182 g/mol. The normalized spacial score (nSPS) is 23.2. The summed E-state index contributed by atoms with van der Waals surface area (Å²) >= 11 is 0. The minimum atomic E-state index is -0.375. The fourth-order valence-corrected chi connectivity index (χ4v) is 1.61. The number of aromatic amines is 1. The number of nitrogens with zero attached hydrogens (tertiary/aromatic N) is 4. The first-order valence-electron chi connectivity index (χ1n) is 4.42. The molecule has 6 heteroatoms. The molecule has 1 fully saturated rings. The Morgan fingerprint density at radius 1 is 1.46 bits per heavy atom. The van der Waals surface area contributed by atoms with Crippen LogP contribution in [-0.2, 0) is 5.54 Å². The molecule has 2 heterocycles. The predicted molar refractivity (Wildman–Crippen MR) is 46.8 cm³/mol. The molecule has 0 atom stereocenters. The second kappa shape index (κ2) is 3.04. The summed E-state index contributed by atoms with van der Waals surface area (Å²) in [5, 5.41) is 13.9. The van der Waals surface area contributed by atoms with Gasteiger partial charge in [0.1, 0.15) is 0 Å². The highest BCUT2D eigenvalue weighted by Gasteiger charge is 2.34. The van der Waals surface area contributed by atoms with Gasteiger partial charge in [-0.05, 0) is 19.9 Å². The summed E-state index contributed by atoms with van der Waals surface area (Å²) in [4.78, 5) is 2.26. The Bertz CT molecular complexity index is 261. The van der Waals surface area contributed by atoms with Gasteiger partial charge in [-0.2, -0.15) is 5.21 Å². The van der Waals surface area contributed by atoms with Crippen molar-refractivity contribution in [2.75, 3.05) is 20.1 Å². The van der Waals surface area contributed by atoms with E-state index in [0.717, 1.165) is 25.9 Å². The summed E-state index contributed by atoms with van der Waals surface area (Å²) in [5.41, 5.74) is 5.80. The number of tetrazole rings is 1. The quantitative estimate of drug-likeness (QED) is 0.586. The van der Waals surface area contributed by atoms with E-state index >= 15 is 0 Å². The zero-order chi connectivity index (χ0) is 9.31. The molecule has 1 saturated heterocycles. The average Bonchev–Trinajstić information content (AvgIpc) is 2.63. The van der Waals surface area contributed by atoms with Crippen LogP contribution in [0.2, 0.25) is 0 Å². The Hall–Kier alpha value is -1.01. The smallest absolute Gasteiger partial charge is 0.194 e. The van der Waals surface area contributed by atoms with E-state index in [0.29, 0.717) is 5.82 Å². The lowest BCUT2D eigenvalue weighted by atomic mass is 9.88. The fourth-order valence-electron chi connectivity index (χ4n) is 1.61. The van der Waals surface area contributed by atoms with Gasteiger partial charge in [0.2, 0.25) is 0 Å². The van der Waals surface area contributed by atoms with E-state index in [1.54, 1.807) is 0 Å². The van der Waals surface area contributed by atoms with Crippen LogP contribution < -0.4 is 5.73 Å². The Balaban J connectivity index is 2.13. The summed E-state index contributed by atoms with van der Waals surface area (Å²) in [5.74, 6) is 0.639. The number of rotatable bonds is 1. The van der Waals surface area contributed by atoms with Crippen LogP contribution in [0, 0.1) is 0 Å². The van der Waals surface area contributed by atoms with Crippen molar-refractivity contribution in [3.63, 3.8) is 0 Å². The van der Waals surface area contributed by atoms with Gasteiger partial charge in [-0.15, -0.1) is 10.2 Å². The SMILES string of the molecule is CN1CCC(N)(c2nn[nH]n2)CC1. The zero-order valence-corrected chi connectivity index (χ0v) is 7.69. The number of nitrogens with one attached hydrogen (secondary N) is 1. The number of aromatic nitrogens is 4. The van der Waals surface area contributed by atoms with Gasteiger partial charge in [0.05, 0.1) is 5.54 Å². The van der Waals surface area contributed by atoms with Crippen molar-refractivity contribution in [2.45, 2.75) is 18.4 Å². The van der Waals surface area contributed by atoms with E-state index in [2.05, 4.69) is 32.6 Å². The molecule has 2 rings (SSSR count). The van der Waals surface area contributed by atoms with Crippen molar-refractivity contribution in [3.05, 3.63) is 5.82 Å². The summed E-state index contributed by atoms with van der Waals surface area (Å²) in [6, 6.07) is 0. The molecule has 1 aliphatic heterocycles. The highest BCUT2D eigenvalue weighted by molar-refractivity contribution is 5.03. The molecule has 0 saturated carbocycles. The van der Waals surface area contributed by atoms with E-state index in [-0.39, 0.29) is 5.54 Å². The number of likely N-dealkylation sites (tertiary alicyclic amines) is 1. The molecular weight excluding hydrogens is 168 g/mol. The number of hydrogen-bond donors (Lipinski definition) is 2. The number of nitrogens with two attached hydrogens (primary N) is 1. The van der Waals surface area contributed by atoms with Gasteiger partial charge in [0.15, 0.2) is 5.82 Å². The third kappa shape index (κ3) is 1.54. The van der Waals surface area contributed by atoms with E-state index in [9.17, 15) is 0 Å². The van der Waals surface area contributed by atoms with Crippen molar-refractivity contribution < 1.29 is 0 Å². The Labute approximate surface area is 76.5 Å². The lowest BCUT2D eigenvalue weighted by Gasteiger charge is -2.34. The molecule has 0 amide bonds. The minimum absolute atomic E-state index is 0.375. The molecule has 0 spiro atoms. The van der Waals surface area contributed by atoms with Crippen LogP contribution in [0.5, 0.6) is 0 Å². The molecule has 6 nitrogen and oxygen atoms in total. The zero-order valence-electron chi connectivity index (χ0n) is 7.69. The lowest BCUT2D eigenvalue weighted by molar-refractivity contribution is 0.184. The predicted octanol–water partition coefficient (Wildman–Crippen LogP) is -0.921. The Morgan fingerprint density at radius 3 is 2.69 bits per heavy atom. The molecule has 0 aliphatic carbocycles. The average molecular weight is 182 g/mol. The third-order valence-electron chi connectivity index (χ3n) is 2.67. The van der Waals surface area contributed by atoms with Crippen LogP contribution in [0.15, 0.2) is 0 Å². The van der Waals surface area contributed by atoms with Crippen molar-refractivity contribution >= 4 is 0 Å². The third-order valence-corrected chi connectivity index (χ3v) is 2.67. The van der Waals surface area contributed by atoms with Crippen LogP contribution in [0.25, 0.3) is 0 Å². The largest absolute Gasteiger partial charge is 0.319 e. The van der Waals surface area contributed by atoms with Crippen molar-refractivity contribution in [1.82, 2.24) is 25.5 Å². The minimum Gasteiger partial charge on any atom is -0.319 e. The highest BCUT2D eigenvalue weighted by atomic mass is 15.5. The van der Waals surface area contributed by atoms with Crippen molar-refractivity contribution in [1.29, 1.82) is 0 Å². The molecule has 1 aromatic heterocycles. The van der Waals surface area contributed by atoms with Crippen LogP contribution >= 0.6 is 0 Å². The topological polar surface area (TPSA) is 83.7 Å². The van der Waals surface area contributed by atoms with E-state index < -0.39 is 0 Å².